The largest absolute Gasteiger partial charge is 2.00 e. The standard InChI is InChI=1S/C37H24N8.Pt/c1-42-36-24-28(44-20-6-18-40-44)11-14-33(36)41-37(42)26-10-13-30-31-23-27(43-19-5-17-39-43)12-15-34(31)45(35(30)22-26)29-8-4-7-25(21-29)32-9-2-3-16-38-32;/h2-20,23-24H,1H3;/q-2;+2. The van der Waals surface area contributed by atoms with E-state index >= 15 is 0 Å². The first-order valence-corrected chi connectivity index (χ1v) is 14.6. The maximum Gasteiger partial charge on any atom is 2.00 e. The number of hydrogen-bond acceptors (Lipinski definition) is 4. The van der Waals surface area contributed by atoms with Crippen molar-refractivity contribution in [2.75, 3.05) is 0 Å². The second kappa shape index (κ2) is 11.1. The predicted molar refractivity (Wildman–Crippen MR) is 176 cm³/mol. The van der Waals surface area contributed by atoms with Gasteiger partial charge in [0.05, 0.1) is 28.2 Å². The smallest absolute Gasteiger partial charge is 0.367 e. The van der Waals surface area contributed by atoms with E-state index in [0.717, 1.165) is 72.5 Å². The van der Waals surface area contributed by atoms with Crippen molar-refractivity contribution >= 4 is 32.8 Å². The van der Waals surface area contributed by atoms with Crippen LogP contribution >= 0.6 is 0 Å². The van der Waals surface area contributed by atoms with Gasteiger partial charge in [0, 0.05) is 43.5 Å². The fraction of sp³-hybridized carbons (Fsp3) is 0.0270. The summed E-state index contributed by atoms with van der Waals surface area (Å²) in [6, 6.07) is 40.2. The van der Waals surface area contributed by atoms with E-state index in [1.54, 1.807) is 12.4 Å². The number of aromatic nitrogens is 8. The third kappa shape index (κ3) is 4.49. The number of hydrogen-bond donors (Lipinski definition) is 0. The van der Waals surface area contributed by atoms with Gasteiger partial charge in [-0.25, -0.2) is 9.36 Å². The molecule has 46 heavy (non-hydrogen) atoms. The van der Waals surface area contributed by atoms with Crippen LogP contribution in [-0.2, 0) is 28.1 Å². The van der Waals surface area contributed by atoms with Crippen LogP contribution in [0.3, 0.4) is 0 Å². The molecular weight excluding hydrogens is 752 g/mol. The van der Waals surface area contributed by atoms with Gasteiger partial charge in [0.1, 0.15) is 0 Å². The van der Waals surface area contributed by atoms with Crippen molar-refractivity contribution in [1.29, 1.82) is 0 Å². The number of nitrogens with zero attached hydrogens (tertiary/aromatic N) is 8. The predicted octanol–water partition coefficient (Wildman–Crippen LogP) is 7.37. The Morgan fingerprint density at radius 1 is 0.630 bits per heavy atom. The molecule has 0 saturated carbocycles. The van der Waals surface area contributed by atoms with Crippen molar-refractivity contribution in [2.45, 2.75) is 0 Å². The van der Waals surface area contributed by atoms with Gasteiger partial charge in [0.2, 0.25) is 0 Å². The van der Waals surface area contributed by atoms with Gasteiger partial charge >= 0.3 is 21.1 Å². The van der Waals surface area contributed by atoms with Crippen LogP contribution in [0.5, 0.6) is 0 Å². The van der Waals surface area contributed by atoms with E-state index in [0.29, 0.717) is 0 Å². The summed E-state index contributed by atoms with van der Waals surface area (Å²) in [5.74, 6) is 0.838. The van der Waals surface area contributed by atoms with Crippen LogP contribution in [-0.4, -0.2) is 38.7 Å². The van der Waals surface area contributed by atoms with Crippen LogP contribution in [0.4, 0.5) is 0 Å². The van der Waals surface area contributed by atoms with Crippen molar-refractivity contribution in [3.05, 3.63) is 140 Å². The first kappa shape index (κ1) is 27.9. The molecule has 0 radical (unpaired) electrons. The van der Waals surface area contributed by atoms with E-state index in [1.165, 1.54) is 0 Å². The van der Waals surface area contributed by atoms with E-state index in [-0.39, 0.29) is 21.1 Å². The Kier molecular flexibility index (Phi) is 6.73. The average molecular weight is 776 g/mol. The van der Waals surface area contributed by atoms with E-state index in [1.807, 2.05) is 83.5 Å². The normalized spacial score (nSPS) is 11.4. The number of rotatable bonds is 5. The summed E-state index contributed by atoms with van der Waals surface area (Å²) < 4.78 is 8.09. The van der Waals surface area contributed by atoms with Gasteiger partial charge in [-0.2, -0.15) is 10.2 Å². The molecule has 222 valence electrons. The van der Waals surface area contributed by atoms with Crippen LogP contribution < -0.4 is 0 Å². The van der Waals surface area contributed by atoms with Gasteiger partial charge in [-0.3, -0.25) is 4.98 Å². The number of benzene rings is 4. The molecule has 0 N–H and O–H groups in total. The fourth-order valence-corrected chi connectivity index (χ4v) is 6.12. The Labute approximate surface area is 278 Å². The maximum absolute atomic E-state index is 5.03. The van der Waals surface area contributed by atoms with Crippen molar-refractivity contribution < 1.29 is 21.1 Å². The molecule has 9 aromatic rings. The minimum atomic E-state index is 0. The molecule has 0 unspecified atom stereocenters. The molecular formula is C37H24N8Pt. The fourth-order valence-electron chi connectivity index (χ4n) is 6.12. The third-order valence-electron chi connectivity index (χ3n) is 8.26. The first-order valence-electron chi connectivity index (χ1n) is 14.6. The van der Waals surface area contributed by atoms with Crippen LogP contribution in [0.25, 0.3) is 72.5 Å². The van der Waals surface area contributed by atoms with Crippen LogP contribution in [0.2, 0.25) is 0 Å². The molecule has 0 aliphatic heterocycles. The summed E-state index contributed by atoms with van der Waals surface area (Å²) in [6.45, 7) is 0. The number of fused-ring (bicyclic) bond motifs is 4. The molecule has 0 aliphatic carbocycles. The summed E-state index contributed by atoms with van der Waals surface area (Å²) in [7, 11) is 2.05. The monoisotopic (exact) mass is 775 g/mol. The maximum atomic E-state index is 5.03. The number of imidazole rings is 1. The molecule has 4 aromatic carbocycles. The van der Waals surface area contributed by atoms with E-state index < -0.39 is 0 Å². The van der Waals surface area contributed by atoms with Gasteiger partial charge in [-0.05, 0) is 76.9 Å². The van der Waals surface area contributed by atoms with Crippen molar-refractivity contribution in [2.24, 2.45) is 7.05 Å². The summed E-state index contributed by atoms with van der Waals surface area (Å²) in [5, 5.41) is 11.0. The SMILES string of the molecule is Cn1c(-c2[c-]c3c(cc2)c2cc(-n4cccn4)ccc2n3-c2[c-]c(-c3ccccn3)ccc2)nc2ccc(-n3cccn3)cc21.[Pt+2]. The Bertz CT molecular complexity index is 2490. The number of pyridine rings is 1. The molecule has 0 spiro atoms. The summed E-state index contributed by atoms with van der Waals surface area (Å²) >= 11 is 0. The van der Waals surface area contributed by atoms with Gasteiger partial charge in [-0.1, -0.05) is 17.5 Å². The van der Waals surface area contributed by atoms with Gasteiger partial charge in [0.15, 0.2) is 0 Å². The van der Waals surface area contributed by atoms with E-state index in [2.05, 4.69) is 85.0 Å². The second-order valence-corrected chi connectivity index (χ2v) is 10.9. The first-order chi connectivity index (χ1) is 22.2. The minimum absolute atomic E-state index is 0. The molecule has 8 nitrogen and oxygen atoms in total. The zero-order valence-corrected chi connectivity index (χ0v) is 26.8. The number of aryl methyl sites for hydroxylation is 1. The molecule has 0 saturated heterocycles. The van der Waals surface area contributed by atoms with Crippen molar-refractivity contribution in [1.82, 2.24) is 38.7 Å². The molecule has 0 bridgehead atoms. The third-order valence-corrected chi connectivity index (χ3v) is 8.26. The Morgan fingerprint density at radius 3 is 2.20 bits per heavy atom. The van der Waals surface area contributed by atoms with Crippen LogP contribution in [0, 0.1) is 12.1 Å². The molecule has 0 fully saturated rings. The molecule has 0 amide bonds. The van der Waals surface area contributed by atoms with Crippen LogP contribution in [0.1, 0.15) is 0 Å². The van der Waals surface area contributed by atoms with Gasteiger partial charge < -0.3 is 14.1 Å². The van der Waals surface area contributed by atoms with E-state index in [4.69, 9.17) is 4.98 Å². The topological polar surface area (TPSA) is 71.3 Å². The zero-order chi connectivity index (χ0) is 29.9. The summed E-state index contributed by atoms with van der Waals surface area (Å²) in [4.78, 5) is 9.60. The molecule has 0 atom stereocenters. The summed E-state index contributed by atoms with van der Waals surface area (Å²) in [6.07, 6.45) is 9.28. The van der Waals surface area contributed by atoms with Gasteiger partial charge in [-0.15, -0.1) is 53.6 Å². The Morgan fingerprint density at radius 2 is 1.43 bits per heavy atom. The Hall–Kier alpha value is -5.59. The van der Waals surface area contributed by atoms with Crippen LogP contribution in [0.15, 0.2) is 128 Å². The average Bonchev–Trinajstić information content (AvgIpc) is 3.91. The molecule has 5 heterocycles. The van der Waals surface area contributed by atoms with E-state index in [9.17, 15) is 0 Å². The second-order valence-electron chi connectivity index (χ2n) is 10.9. The minimum Gasteiger partial charge on any atom is -0.367 e. The van der Waals surface area contributed by atoms with Crippen molar-refractivity contribution in [3.8, 4) is 39.7 Å². The van der Waals surface area contributed by atoms with Crippen molar-refractivity contribution in [3.63, 3.8) is 0 Å². The quantitative estimate of drug-likeness (QED) is 0.171. The summed E-state index contributed by atoms with van der Waals surface area (Å²) in [5.41, 5.74) is 9.52. The zero-order valence-electron chi connectivity index (χ0n) is 24.5. The molecule has 9 rings (SSSR count). The molecule has 0 aliphatic rings. The van der Waals surface area contributed by atoms with Gasteiger partial charge in [0.25, 0.3) is 0 Å². The Balaban J connectivity index is 0.00000312. The molecule has 9 heteroatoms. The molecule has 5 aromatic heterocycles.